The second-order valence-electron chi connectivity index (χ2n) is 8.19. The third kappa shape index (κ3) is 6.62. The topological polar surface area (TPSA) is 71.1 Å². The zero-order chi connectivity index (χ0) is 23.1. The van der Waals surface area contributed by atoms with Crippen LogP contribution in [0.2, 0.25) is 0 Å². The van der Waals surface area contributed by atoms with Crippen LogP contribution in [0, 0.1) is 6.92 Å². The number of benzene rings is 3. The van der Waals surface area contributed by atoms with Gasteiger partial charge in [-0.2, -0.15) is 8.42 Å². The summed E-state index contributed by atoms with van der Waals surface area (Å²) in [5.74, 6) is 0. The fourth-order valence-corrected chi connectivity index (χ4v) is 4.68. The first-order chi connectivity index (χ1) is 16.0. The van der Waals surface area contributed by atoms with E-state index in [0.29, 0.717) is 6.61 Å². The second-order valence-corrected chi connectivity index (χ2v) is 9.81. The van der Waals surface area contributed by atoms with E-state index in [1.807, 2.05) is 25.1 Å². The van der Waals surface area contributed by atoms with Gasteiger partial charge in [-0.25, -0.2) is 0 Å². The maximum atomic E-state index is 12.3. The van der Waals surface area contributed by atoms with Crippen LogP contribution in [-0.2, 0) is 28.5 Å². The number of ether oxygens (including phenoxy) is 3. The molecule has 0 N–H and O–H groups in total. The van der Waals surface area contributed by atoms with Crippen LogP contribution in [0.4, 0.5) is 0 Å². The van der Waals surface area contributed by atoms with Crippen LogP contribution in [0.1, 0.15) is 36.5 Å². The minimum absolute atomic E-state index is 0.0689. The predicted molar refractivity (Wildman–Crippen MR) is 127 cm³/mol. The van der Waals surface area contributed by atoms with E-state index in [2.05, 4.69) is 24.3 Å². The van der Waals surface area contributed by atoms with Crippen LogP contribution in [0.3, 0.4) is 0 Å². The Hall–Kier alpha value is -2.29. The van der Waals surface area contributed by atoms with Crippen molar-refractivity contribution in [3.8, 4) is 0 Å². The largest absolute Gasteiger partial charge is 0.376 e. The lowest BCUT2D eigenvalue weighted by Crippen LogP contribution is -2.26. The first-order valence-corrected chi connectivity index (χ1v) is 12.7. The van der Waals surface area contributed by atoms with E-state index < -0.39 is 10.1 Å². The number of hydrogen-bond acceptors (Lipinski definition) is 6. The van der Waals surface area contributed by atoms with Crippen molar-refractivity contribution in [1.29, 1.82) is 0 Å². The molecular formula is C26H30O6S. The zero-order valence-corrected chi connectivity index (χ0v) is 19.6. The van der Waals surface area contributed by atoms with Crippen LogP contribution in [0.5, 0.6) is 0 Å². The molecule has 1 aliphatic rings. The normalized spacial score (nSPS) is 17.8. The predicted octanol–water partition coefficient (Wildman–Crippen LogP) is 5.15. The van der Waals surface area contributed by atoms with Gasteiger partial charge in [-0.05, 0) is 60.7 Å². The van der Waals surface area contributed by atoms with Crippen molar-refractivity contribution >= 4 is 20.9 Å². The maximum Gasteiger partial charge on any atom is 0.297 e. The molecule has 1 heterocycles. The molecule has 0 spiro atoms. The molecule has 1 aliphatic heterocycles. The summed E-state index contributed by atoms with van der Waals surface area (Å²) in [5.41, 5.74) is 1.98. The molecular weight excluding hydrogens is 440 g/mol. The number of aryl methyl sites for hydroxylation is 1. The molecule has 0 radical (unpaired) electrons. The number of hydrogen-bond donors (Lipinski definition) is 0. The van der Waals surface area contributed by atoms with Crippen molar-refractivity contribution in [3.05, 3.63) is 77.9 Å². The molecule has 2 unspecified atom stereocenters. The lowest BCUT2D eigenvalue weighted by molar-refractivity contribution is -0.200. The Balaban J connectivity index is 1.36. The number of rotatable bonds is 10. The molecule has 33 heavy (non-hydrogen) atoms. The molecule has 3 aromatic carbocycles. The Bertz CT molecular complexity index is 1140. The van der Waals surface area contributed by atoms with Gasteiger partial charge in [-0.3, -0.25) is 4.18 Å². The highest BCUT2D eigenvalue weighted by atomic mass is 32.2. The molecule has 0 saturated carbocycles. The average molecular weight is 471 g/mol. The molecule has 6 nitrogen and oxygen atoms in total. The second kappa shape index (κ2) is 11.2. The zero-order valence-electron chi connectivity index (χ0n) is 18.8. The molecule has 0 aromatic heterocycles. The molecule has 0 aliphatic carbocycles. The standard InChI is InChI=1S/C26H30O6S/c1-20-9-13-24(14-10-20)33(27,28)31-17-16-29-19-25(32-26-8-4-5-15-30-26)23-12-11-21-6-2-3-7-22(21)18-23/h2-3,6-7,9-14,18,25-26H,4-5,8,15-17,19H2,1H3. The maximum absolute atomic E-state index is 12.3. The van der Waals surface area contributed by atoms with Crippen molar-refractivity contribution in [2.45, 2.75) is 43.5 Å². The van der Waals surface area contributed by atoms with Crippen LogP contribution >= 0.6 is 0 Å². The lowest BCUT2D eigenvalue weighted by Gasteiger charge is -2.28. The minimum Gasteiger partial charge on any atom is -0.376 e. The molecule has 0 amide bonds. The summed E-state index contributed by atoms with van der Waals surface area (Å²) in [6.07, 6.45) is 2.37. The van der Waals surface area contributed by atoms with E-state index in [4.69, 9.17) is 18.4 Å². The van der Waals surface area contributed by atoms with Gasteiger partial charge in [0.25, 0.3) is 10.1 Å². The van der Waals surface area contributed by atoms with Crippen molar-refractivity contribution < 1.29 is 26.8 Å². The van der Waals surface area contributed by atoms with Gasteiger partial charge in [0.1, 0.15) is 6.10 Å². The third-order valence-corrected chi connectivity index (χ3v) is 6.97. The first kappa shape index (κ1) is 23.9. The van der Waals surface area contributed by atoms with Crippen molar-refractivity contribution in [2.75, 3.05) is 26.4 Å². The van der Waals surface area contributed by atoms with Gasteiger partial charge in [0.15, 0.2) is 6.29 Å². The van der Waals surface area contributed by atoms with Crippen molar-refractivity contribution in [3.63, 3.8) is 0 Å². The summed E-state index contributed by atoms with van der Waals surface area (Å²) >= 11 is 0. The van der Waals surface area contributed by atoms with Crippen molar-refractivity contribution in [2.24, 2.45) is 0 Å². The third-order valence-electron chi connectivity index (χ3n) is 5.64. The molecule has 3 aromatic rings. The smallest absolute Gasteiger partial charge is 0.297 e. The van der Waals surface area contributed by atoms with Gasteiger partial charge in [-0.1, -0.05) is 54.1 Å². The Kier molecular flexibility index (Phi) is 8.11. The minimum atomic E-state index is -3.81. The molecule has 1 fully saturated rings. The fraction of sp³-hybridized carbons (Fsp3) is 0.385. The van der Waals surface area contributed by atoms with E-state index in [1.54, 1.807) is 24.3 Å². The highest BCUT2D eigenvalue weighted by molar-refractivity contribution is 7.86. The average Bonchev–Trinajstić information content (AvgIpc) is 2.83. The van der Waals surface area contributed by atoms with Crippen LogP contribution < -0.4 is 0 Å². The fourth-order valence-electron chi connectivity index (χ4n) is 3.79. The van der Waals surface area contributed by atoms with Crippen LogP contribution in [-0.4, -0.2) is 41.1 Å². The van der Waals surface area contributed by atoms with Gasteiger partial charge < -0.3 is 14.2 Å². The van der Waals surface area contributed by atoms with E-state index in [-0.39, 0.29) is 37.1 Å². The van der Waals surface area contributed by atoms with Gasteiger partial charge in [-0.15, -0.1) is 0 Å². The lowest BCUT2D eigenvalue weighted by atomic mass is 10.0. The Labute approximate surface area is 195 Å². The molecule has 1 saturated heterocycles. The van der Waals surface area contributed by atoms with Gasteiger partial charge in [0.05, 0.1) is 24.7 Å². The summed E-state index contributed by atoms with van der Waals surface area (Å²) < 4.78 is 47.6. The molecule has 4 rings (SSSR count). The quantitative estimate of drug-likeness (QED) is 0.301. The van der Waals surface area contributed by atoms with Gasteiger partial charge in [0, 0.05) is 6.61 Å². The summed E-state index contributed by atoms with van der Waals surface area (Å²) in [6.45, 7) is 2.93. The van der Waals surface area contributed by atoms with E-state index in [9.17, 15) is 8.42 Å². The SMILES string of the molecule is Cc1ccc(S(=O)(=O)OCCOCC(OC2CCCCO2)c2ccc3ccccc3c2)cc1. The molecule has 176 valence electrons. The van der Waals surface area contributed by atoms with Gasteiger partial charge in [0.2, 0.25) is 0 Å². The first-order valence-electron chi connectivity index (χ1n) is 11.3. The van der Waals surface area contributed by atoms with Gasteiger partial charge >= 0.3 is 0 Å². The van der Waals surface area contributed by atoms with Crippen LogP contribution in [0.15, 0.2) is 71.6 Å². The monoisotopic (exact) mass is 470 g/mol. The summed E-state index contributed by atoms with van der Waals surface area (Å²) in [6, 6.07) is 20.9. The van der Waals surface area contributed by atoms with Crippen LogP contribution in [0.25, 0.3) is 10.8 Å². The summed E-state index contributed by atoms with van der Waals surface area (Å²) in [4.78, 5) is 0.139. The Morgan fingerprint density at radius 3 is 2.52 bits per heavy atom. The number of fused-ring (bicyclic) bond motifs is 1. The summed E-state index contributed by atoms with van der Waals surface area (Å²) in [5, 5.41) is 2.28. The highest BCUT2D eigenvalue weighted by Gasteiger charge is 2.22. The molecule has 7 heteroatoms. The Morgan fingerprint density at radius 2 is 1.76 bits per heavy atom. The van der Waals surface area contributed by atoms with E-state index in [1.165, 1.54) is 0 Å². The van der Waals surface area contributed by atoms with Crippen molar-refractivity contribution in [1.82, 2.24) is 0 Å². The van der Waals surface area contributed by atoms with E-state index >= 15 is 0 Å². The van der Waals surface area contributed by atoms with E-state index in [0.717, 1.165) is 41.2 Å². The highest BCUT2D eigenvalue weighted by Crippen LogP contribution is 2.27. The summed E-state index contributed by atoms with van der Waals surface area (Å²) in [7, 11) is -3.81. The molecule has 0 bridgehead atoms. The Morgan fingerprint density at radius 1 is 0.970 bits per heavy atom. The molecule has 2 atom stereocenters.